The van der Waals surface area contributed by atoms with Crippen LogP contribution in [0.3, 0.4) is 0 Å². The molecule has 1 aromatic heterocycles. The van der Waals surface area contributed by atoms with Gasteiger partial charge in [0.25, 0.3) is 11.5 Å². The average Bonchev–Trinajstić information content (AvgIpc) is 2.36. The molecule has 0 saturated carbocycles. The zero-order valence-corrected chi connectivity index (χ0v) is 13.0. The van der Waals surface area contributed by atoms with E-state index < -0.39 is 0 Å². The van der Waals surface area contributed by atoms with Gasteiger partial charge in [0.15, 0.2) is 0 Å². The Morgan fingerprint density at radius 1 is 1.39 bits per heavy atom. The van der Waals surface area contributed by atoms with Crippen LogP contribution in [-0.4, -0.2) is 17.4 Å². The summed E-state index contributed by atoms with van der Waals surface area (Å²) in [6, 6.07) is 1.66. The van der Waals surface area contributed by atoms with Gasteiger partial charge in [-0.25, -0.2) is 0 Å². The Hall–Kier alpha value is -0.850. The highest BCUT2D eigenvalue weighted by Crippen LogP contribution is 2.09. The number of carbonyl (C=O) groups excluding carboxylic acids is 1. The molecule has 100 valence electrons. The van der Waals surface area contributed by atoms with E-state index in [0.717, 1.165) is 34.9 Å². The van der Waals surface area contributed by atoms with Crippen LogP contribution in [0.4, 0.5) is 0 Å². The largest absolute Gasteiger partial charge is 0.352 e. The minimum absolute atomic E-state index is 0.202. The van der Waals surface area contributed by atoms with E-state index in [4.69, 9.17) is 0 Å². The van der Waals surface area contributed by atoms with Crippen molar-refractivity contribution in [3.05, 3.63) is 31.2 Å². The SMILES string of the molecule is CCCCCNC(=O)c1cc(I)c(CC)[nH]c1=O. The monoisotopic (exact) mass is 362 g/mol. The first kappa shape index (κ1) is 15.2. The topological polar surface area (TPSA) is 62.0 Å². The minimum Gasteiger partial charge on any atom is -0.352 e. The average molecular weight is 362 g/mol. The van der Waals surface area contributed by atoms with Crippen molar-refractivity contribution in [2.24, 2.45) is 0 Å². The van der Waals surface area contributed by atoms with Crippen molar-refractivity contribution in [1.82, 2.24) is 10.3 Å². The summed E-state index contributed by atoms with van der Waals surface area (Å²) >= 11 is 2.14. The number of aryl methyl sites for hydroxylation is 1. The molecule has 4 nitrogen and oxygen atoms in total. The number of nitrogens with one attached hydrogen (secondary N) is 2. The van der Waals surface area contributed by atoms with E-state index in [-0.39, 0.29) is 17.0 Å². The minimum atomic E-state index is -0.305. The molecule has 5 heteroatoms. The van der Waals surface area contributed by atoms with Crippen LogP contribution >= 0.6 is 22.6 Å². The van der Waals surface area contributed by atoms with E-state index in [9.17, 15) is 9.59 Å². The van der Waals surface area contributed by atoms with E-state index in [2.05, 4.69) is 39.8 Å². The number of unbranched alkanes of at least 4 members (excludes halogenated alkanes) is 2. The van der Waals surface area contributed by atoms with Gasteiger partial charge in [-0.15, -0.1) is 0 Å². The van der Waals surface area contributed by atoms with Gasteiger partial charge in [0.1, 0.15) is 5.56 Å². The molecule has 18 heavy (non-hydrogen) atoms. The van der Waals surface area contributed by atoms with E-state index >= 15 is 0 Å². The zero-order chi connectivity index (χ0) is 13.5. The van der Waals surface area contributed by atoms with Gasteiger partial charge in [-0.3, -0.25) is 9.59 Å². The van der Waals surface area contributed by atoms with Crippen LogP contribution in [0, 0.1) is 3.57 Å². The number of halogens is 1. The molecule has 0 aliphatic rings. The highest BCUT2D eigenvalue weighted by molar-refractivity contribution is 14.1. The summed E-state index contributed by atoms with van der Waals surface area (Å²) in [4.78, 5) is 26.4. The van der Waals surface area contributed by atoms with Gasteiger partial charge in [0, 0.05) is 15.8 Å². The second kappa shape index (κ2) is 7.56. The standard InChI is InChI=1S/C13H19IN2O2/c1-3-5-6-7-15-12(17)9-8-10(14)11(4-2)16-13(9)18/h8H,3-7H2,1-2H3,(H,15,17)(H,16,18). The van der Waals surface area contributed by atoms with E-state index in [0.29, 0.717) is 6.54 Å². The van der Waals surface area contributed by atoms with Crippen LogP contribution in [0.25, 0.3) is 0 Å². The number of hydrogen-bond donors (Lipinski definition) is 2. The summed E-state index contributed by atoms with van der Waals surface area (Å²) in [5.41, 5.74) is 0.775. The number of carbonyl (C=O) groups is 1. The molecule has 0 spiro atoms. The van der Waals surface area contributed by atoms with Crippen LogP contribution in [-0.2, 0) is 6.42 Å². The summed E-state index contributed by atoms with van der Waals surface area (Å²) in [6.45, 7) is 4.70. The Balaban J connectivity index is 2.74. The Labute approximate surface area is 121 Å². The summed E-state index contributed by atoms with van der Waals surface area (Å²) in [5.74, 6) is -0.284. The van der Waals surface area contributed by atoms with Crippen molar-refractivity contribution in [1.29, 1.82) is 0 Å². The molecule has 1 aromatic rings. The molecule has 0 saturated heterocycles. The number of amides is 1. The molecule has 1 rings (SSSR count). The van der Waals surface area contributed by atoms with E-state index in [1.165, 1.54) is 0 Å². The van der Waals surface area contributed by atoms with Gasteiger partial charge in [0.2, 0.25) is 0 Å². The molecule has 0 bridgehead atoms. The lowest BCUT2D eigenvalue weighted by molar-refractivity contribution is 0.0951. The molecular formula is C13H19IN2O2. The van der Waals surface area contributed by atoms with E-state index in [1.807, 2.05) is 6.92 Å². The summed E-state index contributed by atoms with van der Waals surface area (Å²) < 4.78 is 0.924. The number of H-pyrrole nitrogens is 1. The number of aromatic nitrogens is 1. The Morgan fingerprint density at radius 3 is 2.72 bits per heavy atom. The maximum atomic E-state index is 11.8. The molecular weight excluding hydrogens is 343 g/mol. The lowest BCUT2D eigenvalue weighted by Crippen LogP contribution is -2.31. The Morgan fingerprint density at radius 2 is 2.11 bits per heavy atom. The van der Waals surface area contributed by atoms with Crippen molar-refractivity contribution in [2.75, 3.05) is 6.54 Å². The molecule has 0 radical (unpaired) electrons. The first-order chi connectivity index (χ1) is 8.60. The van der Waals surface area contributed by atoms with Crippen LogP contribution in [0.1, 0.15) is 49.2 Å². The highest BCUT2D eigenvalue weighted by atomic mass is 127. The first-order valence-electron chi connectivity index (χ1n) is 6.30. The van der Waals surface area contributed by atoms with Crippen molar-refractivity contribution in [2.45, 2.75) is 39.5 Å². The lowest BCUT2D eigenvalue weighted by atomic mass is 10.2. The number of pyridine rings is 1. The maximum absolute atomic E-state index is 11.8. The second-order valence-electron chi connectivity index (χ2n) is 4.16. The van der Waals surface area contributed by atoms with Gasteiger partial charge >= 0.3 is 0 Å². The van der Waals surface area contributed by atoms with Gasteiger partial charge in [-0.05, 0) is 41.5 Å². The predicted octanol–water partition coefficient (Wildman–Crippen LogP) is 2.46. The van der Waals surface area contributed by atoms with Crippen LogP contribution in [0.15, 0.2) is 10.9 Å². The van der Waals surface area contributed by atoms with Crippen molar-refractivity contribution in [3.63, 3.8) is 0 Å². The van der Waals surface area contributed by atoms with Crippen LogP contribution in [0.2, 0.25) is 0 Å². The molecule has 0 atom stereocenters. The van der Waals surface area contributed by atoms with Gasteiger partial charge < -0.3 is 10.3 Å². The molecule has 1 heterocycles. The number of rotatable bonds is 6. The first-order valence-corrected chi connectivity index (χ1v) is 7.37. The molecule has 0 unspecified atom stereocenters. The molecule has 1 amide bonds. The predicted molar refractivity (Wildman–Crippen MR) is 81.0 cm³/mol. The van der Waals surface area contributed by atoms with Gasteiger partial charge in [-0.1, -0.05) is 26.7 Å². The fourth-order valence-electron chi connectivity index (χ4n) is 1.64. The maximum Gasteiger partial charge on any atom is 0.261 e. The molecule has 0 aliphatic heterocycles. The van der Waals surface area contributed by atoms with Crippen LogP contribution in [0.5, 0.6) is 0 Å². The van der Waals surface area contributed by atoms with Crippen LogP contribution < -0.4 is 10.9 Å². The third kappa shape index (κ3) is 4.12. The van der Waals surface area contributed by atoms with Crippen molar-refractivity contribution in [3.8, 4) is 0 Å². The second-order valence-corrected chi connectivity index (χ2v) is 5.32. The summed E-state index contributed by atoms with van der Waals surface area (Å²) in [7, 11) is 0. The van der Waals surface area contributed by atoms with Crippen molar-refractivity contribution >= 4 is 28.5 Å². The third-order valence-corrected chi connectivity index (χ3v) is 3.69. The van der Waals surface area contributed by atoms with Gasteiger partial charge in [-0.2, -0.15) is 0 Å². The Kier molecular flexibility index (Phi) is 6.38. The number of hydrogen-bond acceptors (Lipinski definition) is 2. The quantitative estimate of drug-likeness (QED) is 0.603. The van der Waals surface area contributed by atoms with Crippen molar-refractivity contribution < 1.29 is 4.79 Å². The zero-order valence-electron chi connectivity index (χ0n) is 10.8. The number of aromatic amines is 1. The van der Waals surface area contributed by atoms with E-state index in [1.54, 1.807) is 6.07 Å². The Bertz CT molecular complexity index is 469. The highest BCUT2D eigenvalue weighted by Gasteiger charge is 2.12. The molecule has 0 aromatic carbocycles. The molecule has 2 N–H and O–H groups in total. The molecule has 0 aliphatic carbocycles. The molecule has 0 fully saturated rings. The normalized spacial score (nSPS) is 10.4. The fraction of sp³-hybridized carbons (Fsp3) is 0.538. The fourth-order valence-corrected chi connectivity index (χ4v) is 2.47. The summed E-state index contributed by atoms with van der Waals surface area (Å²) in [5, 5.41) is 2.78. The smallest absolute Gasteiger partial charge is 0.261 e. The third-order valence-electron chi connectivity index (χ3n) is 2.73. The lowest BCUT2D eigenvalue weighted by Gasteiger charge is -2.06. The summed E-state index contributed by atoms with van der Waals surface area (Å²) in [6.07, 6.45) is 3.90. The van der Waals surface area contributed by atoms with Gasteiger partial charge in [0.05, 0.1) is 0 Å².